The van der Waals surface area contributed by atoms with Gasteiger partial charge in [0.25, 0.3) is 11.5 Å². The van der Waals surface area contributed by atoms with E-state index in [-0.39, 0.29) is 18.1 Å². The summed E-state index contributed by atoms with van der Waals surface area (Å²) >= 11 is 1.33. The average Bonchev–Trinajstić information content (AvgIpc) is 3.05. The number of aliphatic hydroxyl groups is 1. The number of carbonyl (C=O) groups is 1. The second-order valence-corrected chi connectivity index (χ2v) is 7.88. The number of fused-ring (bicyclic) bond motifs is 1. The Hall–Kier alpha value is -1.77. The number of hydrogen-bond donors (Lipinski definition) is 3. The number of thiazole rings is 1. The molecule has 1 aliphatic carbocycles. The van der Waals surface area contributed by atoms with Gasteiger partial charge in [0.2, 0.25) is 0 Å². The summed E-state index contributed by atoms with van der Waals surface area (Å²) in [5, 5.41) is 18.0. The molecule has 2 aromatic rings. The Kier molecular flexibility index (Phi) is 4.58. The van der Waals surface area contributed by atoms with Crippen molar-refractivity contribution >= 4 is 22.2 Å². The highest BCUT2D eigenvalue weighted by Crippen LogP contribution is 2.35. The zero-order valence-electron chi connectivity index (χ0n) is 13.9. The van der Waals surface area contributed by atoms with E-state index in [1.54, 1.807) is 10.6 Å². The number of nitrogens with one attached hydrogen (secondary N) is 2. The predicted octanol–water partition coefficient (Wildman–Crippen LogP) is 0.625. The van der Waals surface area contributed by atoms with Crippen molar-refractivity contribution in [2.75, 3.05) is 13.1 Å². The molecule has 25 heavy (non-hydrogen) atoms. The molecule has 134 valence electrons. The smallest absolute Gasteiger partial charge is 0.274 e. The molecule has 0 spiro atoms. The second kappa shape index (κ2) is 6.86. The number of aromatic nitrogens is 2. The van der Waals surface area contributed by atoms with Crippen LogP contribution in [0.5, 0.6) is 0 Å². The van der Waals surface area contributed by atoms with E-state index in [1.807, 2.05) is 5.38 Å². The summed E-state index contributed by atoms with van der Waals surface area (Å²) in [5.41, 5.74) is -0.0693. The van der Waals surface area contributed by atoms with Crippen molar-refractivity contribution in [3.05, 3.63) is 33.7 Å². The largest absolute Gasteiger partial charge is 0.393 e. The van der Waals surface area contributed by atoms with E-state index >= 15 is 0 Å². The lowest BCUT2D eigenvalue weighted by atomic mass is 9.71. The van der Waals surface area contributed by atoms with E-state index in [9.17, 15) is 14.7 Å². The maximum absolute atomic E-state index is 12.9. The molecule has 0 bridgehead atoms. The molecule has 8 heteroatoms. The van der Waals surface area contributed by atoms with Gasteiger partial charge in [0.15, 0.2) is 4.96 Å². The normalized spacial score (nSPS) is 25.5. The van der Waals surface area contributed by atoms with Gasteiger partial charge in [0.05, 0.1) is 6.10 Å². The Morgan fingerprint density at radius 2 is 2.12 bits per heavy atom. The first kappa shape index (κ1) is 16.7. The minimum Gasteiger partial charge on any atom is -0.393 e. The molecule has 1 aliphatic heterocycles. The molecule has 2 aliphatic rings. The molecule has 1 saturated carbocycles. The van der Waals surface area contributed by atoms with Crippen LogP contribution in [0.1, 0.15) is 36.2 Å². The summed E-state index contributed by atoms with van der Waals surface area (Å²) in [6.45, 7) is 1.91. The van der Waals surface area contributed by atoms with Crippen LogP contribution in [-0.4, -0.2) is 45.6 Å². The Labute approximate surface area is 149 Å². The molecule has 3 heterocycles. The van der Waals surface area contributed by atoms with Gasteiger partial charge in [0.1, 0.15) is 5.69 Å². The van der Waals surface area contributed by atoms with Crippen molar-refractivity contribution in [2.24, 2.45) is 11.8 Å². The summed E-state index contributed by atoms with van der Waals surface area (Å²) in [6, 6.07) is 1.33. The Bertz CT molecular complexity index is 821. The van der Waals surface area contributed by atoms with Crippen molar-refractivity contribution in [1.29, 1.82) is 0 Å². The third-order valence-electron chi connectivity index (χ3n) is 5.39. The first-order valence-electron chi connectivity index (χ1n) is 8.78. The Morgan fingerprint density at radius 3 is 2.84 bits per heavy atom. The minimum absolute atomic E-state index is 0.0375. The molecule has 0 radical (unpaired) electrons. The summed E-state index contributed by atoms with van der Waals surface area (Å²) in [4.78, 5) is 29.2. The Morgan fingerprint density at radius 1 is 1.36 bits per heavy atom. The molecule has 7 nitrogen and oxygen atoms in total. The molecule has 1 atom stereocenters. The quantitative estimate of drug-likeness (QED) is 0.741. The van der Waals surface area contributed by atoms with Crippen molar-refractivity contribution in [1.82, 2.24) is 20.0 Å². The van der Waals surface area contributed by atoms with Crippen LogP contribution in [-0.2, 0) is 0 Å². The van der Waals surface area contributed by atoms with Crippen LogP contribution in [0.2, 0.25) is 0 Å². The maximum atomic E-state index is 12.9. The fourth-order valence-electron chi connectivity index (χ4n) is 4.00. The van der Waals surface area contributed by atoms with Crippen molar-refractivity contribution < 1.29 is 9.90 Å². The molecular formula is C17H22N4O3S. The molecule has 3 N–H and O–H groups in total. The number of hydrogen-bond acceptors (Lipinski definition) is 6. The highest BCUT2D eigenvalue weighted by Gasteiger charge is 2.39. The van der Waals surface area contributed by atoms with Crippen LogP contribution in [0.15, 0.2) is 22.4 Å². The SMILES string of the molecule is O=C(N[C@H](C1CCNCC1)C1CC(O)C1)c1cc(=O)nc2sccn12. The summed E-state index contributed by atoms with van der Waals surface area (Å²) in [6.07, 6.45) is 5.01. The monoisotopic (exact) mass is 362 g/mol. The zero-order chi connectivity index (χ0) is 17.4. The van der Waals surface area contributed by atoms with E-state index < -0.39 is 5.56 Å². The Balaban J connectivity index is 1.59. The lowest BCUT2D eigenvalue weighted by molar-refractivity contribution is 0.00911. The highest BCUT2D eigenvalue weighted by atomic mass is 32.1. The van der Waals surface area contributed by atoms with Gasteiger partial charge in [0, 0.05) is 23.7 Å². The first-order chi connectivity index (χ1) is 12.1. The average molecular weight is 362 g/mol. The van der Waals surface area contributed by atoms with E-state index in [0.29, 0.717) is 22.5 Å². The van der Waals surface area contributed by atoms with Crippen molar-refractivity contribution in [2.45, 2.75) is 37.8 Å². The fraction of sp³-hybridized carbons (Fsp3) is 0.588. The number of rotatable bonds is 4. The number of piperidine rings is 1. The van der Waals surface area contributed by atoms with Crippen LogP contribution in [0.25, 0.3) is 4.96 Å². The molecule has 0 aromatic carbocycles. The van der Waals surface area contributed by atoms with Gasteiger partial charge in [-0.25, -0.2) is 0 Å². The van der Waals surface area contributed by atoms with E-state index in [0.717, 1.165) is 38.8 Å². The van der Waals surface area contributed by atoms with E-state index in [2.05, 4.69) is 15.6 Å². The van der Waals surface area contributed by atoms with Gasteiger partial charge in [-0.2, -0.15) is 4.98 Å². The van der Waals surface area contributed by atoms with Gasteiger partial charge in [-0.3, -0.25) is 14.0 Å². The van der Waals surface area contributed by atoms with E-state index in [1.165, 1.54) is 17.4 Å². The molecule has 1 saturated heterocycles. The van der Waals surface area contributed by atoms with Crippen molar-refractivity contribution in [3.63, 3.8) is 0 Å². The molecule has 2 aromatic heterocycles. The van der Waals surface area contributed by atoms with Crippen LogP contribution >= 0.6 is 11.3 Å². The van der Waals surface area contributed by atoms with Crippen LogP contribution in [0.3, 0.4) is 0 Å². The number of aliphatic hydroxyl groups excluding tert-OH is 1. The van der Waals surface area contributed by atoms with Crippen LogP contribution < -0.4 is 16.2 Å². The van der Waals surface area contributed by atoms with Crippen molar-refractivity contribution in [3.8, 4) is 0 Å². The molecular weight excluding hydrogens is 340 g/mol. The lowest BCUT2D eigenvalue weighted by Gasteiger charge is -2.43. The van der Waals surface area contributed by atoms with Gasteiger partial charge in [-0.1, -0.05) is 0 Å². The minimum atomic E-state index is -0.398. The molecule has 1 amide bonds. The van der Waals surface area contributed by atoms with Gasteiger partial charge >= 0.3 is 0 Å². The third-order valence-corrected chi connectivity index (χ3v) is 6.15. The number of nitrogens with zero attached hydrogens (tertiary/aromatic N) is 2. The van der Waals surface area contributed by atoms with Crippen LogP contribution in [0, 0.1) is 11.8 Å². The summed E-state index contributed by atoms with van der Waals surface area (Å²) in [7, 11) is 0. The van der Waals surface area contributed by atoms with E-state index in [4.69, 9.17) is 0 Å². The fourth-order valence-corrected chi connectivity index (χ4v) is 4.72. The van der Waals surface area contributed by atoms with Gasteiger partial charge in [-0.15, -0.1) is 11.3 Å². The van der Waals surface area contributed by atoms with Gasteiger partial charge in [-0.05, 0) is 50.6 Å². The molecule has 2 fully saturated rings. The molecule has 4 rings (SSSR count). The lowest BCUT2D eigenvalue weighted by Crippen LogP contribution is -2.53. The number of amides is 1. The third kappa shape index (κ3) is 3.33. The summed E-state index contributed by atoms with van der Waals surface area (Å²) in [5.74, 6) is 0.468. The first-order valence-corrected chi connectivity index (χ1v) is 9.66. The highest BCUT2D eigenvalue weighted by molar-refractivity contribution is 7.15. The molecule has 0 unspecified atom stereocenters. The number of carbonyl (C=O) groups excluding carboxylic acids is 1. The standard InChI is InChI=1S/C17H22N4O3S/c22-12-7-11(8-12)15(10-1-3-18-4-2-10)20-16(24)13-9-14(23)19-17-21(13)5-6-25-17/h5-6,9-12,15,18,22H,1-4,7-8H2,(H,20,24)/t11?,12?,15-/m1/s1. The summed E-state index contributed by atoms with van der Waals surface area (Å²) < 4.78 is 1.66. The van der Waals surface area contributed by atoms with Gasteiger partial charge < -0.3 is 15.7 Å². The maximum Gasteiger partial charge on any atom is 0.274 e. The second-order valence-electron chi connectivity index (χ2n) is 7.01. The zero-order valence-corrected chi connectivity index (χ0v) is 14.7. The topological polar surface area (TPSA) is 95.7 Å². The predicted molar refractivity (Wildman–Crippen MR) is 94.9 cm³/mol. The van der Waals surface area contributed by atoms with Crippen LogP contribution in [0.4, 0.5) is 0 Å².